The third-order valence-electron chi connectivity index (χ3n) is 2.57. The minimum atomic E-state index is -0.526. The first-order valence-electron chi connectivity index (χ1n) is 5.25. The van der Waals surface area contributed by atoms with Crippen molar-refractivity contribution >= 4 is 16.8 Å². The molecule has 1 aromatic heterocycles. The molecule has 0 aliphatic carbocycles. The van der Waals surface area contributed by atoms with E-state index in [0.717, 1.165) is 0 Å². The molecule has 0 atom stereocenters. The van der Waals surface area contributed by atoms with Crippen molar-refractivity contribution in [2.45, 2.75) is 0 Å². The van der Waals surface area contributed by atoms with Crippen LogP contribution in [0.3, 0.4) is 0 Å². The van der Waals surface area contributed by atoms with Crippen molar-refractivity contribution in [3.63, 3.8) is 0 Å². The predicted octanol–water partition coefficient (Wildman–Crippen LogP) is 3.36. The smallest absolute Gasteiger partial charge is 0.230 e. The monoisotopic (exact) mass is 246 g/mol. The molecule has 0 saturated carbocycles. The molecule has 90 valence electrons. The fourth-order valence-corrected chi connectivity index (χ4v) is 1.72. The van der Waals surface area contributed by atoms with E-state index >= 15 is 0 Å². The number of nitrogen functional groups attached to an aromatic ring is 1. The molecule has 0 saturated heterocycles. The summed E-state index contributed by atoms with van der Waals surface area (Å²) in [7, 11) is 0. The van der Waals surface area contributed by atoms with Crippen LogP contribution >= 0.6 is 0 Å². The molecule has 0 aliphatic heterocycles. The maximum atomic E-state index is 13.7. The van der Waals surface area contributed by atoms with Gasteiger partial charge < -0.3 is 10.2 Å². The maximum absolute atomic E-state index is 13.7. The van der Waals surface area contributed by atoms with Crippen LogP contribution in [-0.2, 0) is 0 Å². The summed E-state index contributed by atoms with van der Waals surface area (Å²) in [5, 5.41) is 0. The Bertz CT molecular complexity index is 737. The SMILES string of the molecule is Nc1ccc(-c2nc3cc(F)ccc3o2)c(F)c1. The first kappa shape index (κ1) is 10.7. The zero-order valence-corrected chi connectivity index (χ0v) is 9.15. The van der Waals surface area contributed by atoms with Crippen LogP contribution in [-0.4, -0.2) is 4.98 Å². The predicted molar refractivity (Wildman–Crippen MR) is 63.8 cm³/mol. The third kappa shape index (κ3) is 1.69. The number of hydrogen-bond acceptors (Lipinski definition) is 3. The highest BCUT2D eigenvalue weighted by Gasteiger charge is 2.13. The van der Waals surface area contributed by atoms with E-state index in [1.807, 2.05) is 0 Å². The molecular formula is C13H8F2N2O. The largest absolute Gasteiger partial charge is 0.436 e. The average Bonchev–Trinajstić information content (AvgIpc) is 2.71. The van der Waals surface area contributed by atoms with Crippen LogP contribution in [0.1, 0.15) is 0 Å². The van der Waals surface area contributed by atoms with Gasteiger partial charge in [0, 0.05) is 11.8 Å². The second kappa shape index (κ2) is 3.80. The van der Waals surface area contributed by atoms with Gasteiger partial charge >= 0.3 is 0 Å². The minimum absolute atomic E-state index is 0.105. The Morgan fingerprint density at radius 1 is 1.06 bits per heavy atom. The van der Waals surface area contributed by atoms with Crippen molar-refractivity contribution in [1.82, 2.24) is 4.98 Å². The van der Waals surface area contributed by atoms with Crippen molar-refractivity contribution < 1.29 is 13.2 Å². The summed E-state index contributed by atoms with van der Waals surface area (Å²) < 4.78 is 32.1. The molecule has 0 unspecified atom stereocenters. The molecule has 0 aliphatic rings. The van der Waals surface area contributed by atoms with Crippen molar-refractivity contribution in [2.24, 2.45) is 0 Å². The second-order valence-corrected chi connectivity index (χ2v) is 3.87. The molecule has 2 aromatic carbocycles. The Morgan fingerprint density at radius 2 is 1.89 bits per heavy atom. The van der Waals surface area contributed by atoms with Crippen molar-refractivity contribution in [3.05, 3.63) is 48.0 Å². The quantitative estimate of drug-likeness (QED) is 0.670. The van der Waals surface area contributed by atoms with E-state index in [9.17, 15) is 8.78 Å². The summed E-state index contributed by atoms with van der Waals surface area (Å²) in [6.07, 6.45) is 0. The summed E-state index contributed by atoms with van der Waals surface area (Å²) in [5.74, 6) is -0.838. The first-order valence-corrected chi connectivity index (χ1v) is 5.25. The molecule has 0 amide bonds. The van der Waals surface area contributed by atoms with Crippen LogP contribution in [0.15, 0.2) is 40.8 Å². The lowest BCUT2D eigenvalue weighted by Gasteiger charge is -1.98. The molecule has 5 heteroatoms. The number of hydrogen-bond donors (Lipinski definition) is 1. The molecule has 0 radical (unpaired) electrons. The Balaban J connectivity index is 2.19. The molecule has 18 heavy (non-hydrogen) atoms. The van der Waals surface area contributed by atoms with Crippen LogP contribution in [0.4, 0.5) is 14.5 Å². The Kier molecular flexibility index (Phi) is 2.26. The highest BCUT2D eigenvalue weighted by atomic mass is 19.1. The highest BCUT2D eigenvalue weighted by Crippen LogP contribution is 2.27. The number of benzene rings is 2. The Labute approximate surface area is 101 Å². The summed E-state index contributed by atoms with van der Waals surface area (Å²) in [6, 6.07) is 8.16. The minimum Gasteiger partial charge on any atom is -0.436 e. The Morgan fingerprint density at radius 3 is 2.67 bits per heavy atom. The van der Waals surface area contributed by atoms with E-state index in [-0.39, 0.29) is 11.5 Å². The van der Waals surface area contributed by atoms with Gasteiger partial charge in [-0.05, 0) is 30.3 Å². The lowest BCUT2D eigenvalue weighted by molar-refractivity contribution is 0.592. The average molecular weight is 246 g/mol. The number of halogens is 2. The van der Waals surface area contributed by atoms with Gasteiger partial charge in [0.2, 0.25) is 5.89 Å². The van der Waals surface area contributed by atoms with Crippen LogP contribution in [0, 0.1) is 11.6 Å². The highest BCUT2D eigenvalue weighted by molar-refractivity contribution is 5.76. The Hall–Kier alpha value is -2.43. The summed E-state index contributed by atoms with van der Waals surface area (Å²) in [6.45, 7) is 0. The van der Waals surface area contributed by atoms with Gasteiger partial charge in [-0.2, -0.15) is 0 Å². The van der Waals surface area contributed by atoms with E-state index in [2.05, 4.69) is 4.98 Å². The van der Waals surface area contributed by atoms with E-state index in [0.29, 0.717) is 16.8 Å². The van der Waals surface area contributed by atoms with E-state index in [1.165, 1.54) is 30.3 Å². The molecule has 3 aromatic rings. The molecule has 2 N–H and O–H groups in total. The summed E-state index contributed by atoms with van der Waals surface area (Å²) >= 11 is 0. The van der Waals surface area contributed by atoms with Gasteiger partial charge in [0.25, 0.3) is 0 Å². The topological polar surface area (TPSA) is 52.0 Å². The molecule has 0 bridgehead atoms. The number of fused-ring (bicyclic) bond motifs is 1. The van der Waals surface area contributed by atoms with E-state index in [4.69, 9.17) is 10.2 Å². The van der Waals surface area contributed by atoms with Gasteiger partial charge in [-0.25, -0.2) is 13.8 Å². The van der Waals surface area contributed by atoms with E-state index < -0.39 is 11.6 Å². The fraction of sp³-hybridized carbons (Fsp3) is 0. The third-order valence-corrected chi connectivity index (χ3v) is 2.57. The van der Waals surface area contributed by atoms with Gasteiger partial charge in [-0.15, -0.1) is 0 Å². The normalized spacial score (nSPS) is 11.0. The lowest BCUT2D eigenvalue weighted by Crippen LogP contribution is -1.89. The number of aromatic nitrogens is 1. The molecule has 3 nitrogen and oxygen atoms in total. The van der Waals surface area contributed by atoms with Gasteiger partial charge in [0.05, 0.1) is 5.56 Å². The molecule has 0 spiro atoms. The summed E-state index contributed by atoms with van der Waals surface area (Å²) in [4.78, 5) is 4.05. The van der Waals surface area contributed by atoms with E-state index in [1.54, 1.807) is 6.07 Å². The van der Waals surface area contributed by atoms with Crippen LogP contribution in [0.5, 0.6) is 0 Å². The maximum Gasteiger partial charge on any atom is 0.230 e. The molecule has 0 fully saturated rings. The first-order chi connectivity index (χ1) is 8.63. The second-order valence-electron chi connectivity index (χ2n) is 3.87. The van der Waals surface area contributed by atoms with Crippen molar-refractivity contribution in [1.29, 1.82) is 0 Å². The van der Waals surface area contributed by atoms with Gasteiger partial charge in [-0.1, -0.05) is 0 Å². The molecular weight excluding hydrogens is 238 g/mol. The lowest BCUT2D eigenvalue weighted by atomic mass is 10.2. The van der Waals surface area contributed by atoms with Gasteiger partial charge in [0.1, 0.15) is 17.2 Å². The number of nitrogens with two attached hydrogens (primary N) is 1. The van der Waals surface area contributed by atoms with Gasteiger partial charge in [-0.3, -0.25) is 0 Å². The summed E-state index contributed by atoms with van der Waals surface area (Å²) in [5.41, 5.74) is 6.73. The van der Waals surface area contributed by atoms with Crippen LogP contribution in [0.25, 0.3) is 22.6 Å². The number of nitrogens with zero attached hydrogens (tertiary/aromatic N) is 1. The standard InChI is InChI=1S/C13H8F2N2O/c14-7-1-4-12-11(5-7)17-13(18-12)9-3-2-8(16)6-10(9)15/h1-6H,16H2. The van der Waals surface area contributed by atoms with Crippen molar-refractivity contribution in [3.8, 4) is 11.5 Å². The van der Waals surface area contributed by atoms with Crippen molar-refractivity contribution in [2.75, 3.05) is 5.73 Å². The number of oxazole rings is 1. The fourth-order valence-electron chi connectivity index (χ4n) is 1.72. The van der Waals surface area contributed by atoms with Crippen LogP contribution in [0.2, 0.25) is 0 Å². The van der Waals surface area contributed by atoms with Gasteiger partial charge in [0.15, 0.2) is 5.58 Å². The number of anilines is 1. The zero-order valence-electron chi connectivity index (χ0n) is 9.15. The number of rotatable bonds is 1. The van der Waals surface area contributed by atoms with Crippen LogP contribution < -0.4 is 5.73 Å². The zero-order chi connectivity index (χ0) is 12.7. The molecule has 1 heterocycles. The molecule has 3 rings (SSSR count).